The molecule has 6 nitrogen and oxygen atoms in total. The van der Waals surface area contributed by atoms with Gasteiger partial charge in [-0.1, -0.05) is 30.3 Å². The Morgan fingerprint density at radius 2 is 1.87 bits per heavy atom. The van der Waals surface area contributed by atoms with E-state index in [-0.39, 0.29) is 12.1 Å². The van der Waals surface area contributed by atoms with Crippen molar-refractivity contribution in [1.82, 2.24) is 5.32 Å². The van der Waals surface area contributed by atoms with Crippen molar-refractivity contribution in [3.8, 4) is 5.75 Å². The standard InChI is InChI=1S/C21H19F3N2O4/c1-20(11-12-6-4-3-5-7-12)17(27)16(19(29)26-20)18(28)25-13-8-9-15(30-2)14(10-13)21(22,23)24/h3-10,27H,11H2,1-2H3,(H,25,28)(H,26,29). The molecule has 3 rings (SSSR count). The number of ether oxygens (including phenoxy) is 1. The molecule has 9 heteroatoms. The Labute approximate surface area is 170 Å². The molecular weight excluding hydrogens is 401 g/mol. The zero-order valence-electron chi connectivity index (χ0n) is 16.1. The molecule has 0 aromatic heterocycles. The molecule has 0 bridgehead atoms. The Morgan fingerprint density at radius 3 is 2.47 bits per heavy atom. The minimum Gasteiger partial charge on any atom is -0.509 e. The van der Waals surface area contributed by atoms with E-state index < -0.39 is 46.2 Å². The number of aliphatic hydroxyl groups excluding tert-OH is 1. The maximum absolute atomic E-state index is 13.2. The molecule has 2 amide bonds. The zero-order valence-corrected chi connectivity index (χ0v) is 16.1. The molecular formula is C21H19F3N2O4. The van der Waals surface area contributed by atoms with Crippen LogP contribution in [0.25, 0.3) is 0 Å². The van der Waals surface area contributed by atoms with Crippen LogP contribution in [0, 0.1) is 0 Å². The first-order valence-corrected chi connectivity index (χ1v) is 8.92. The third kappa shape index (κ3) is 4.10. The quantitative estimate of drug-likeness (QED) is 0.645. The van der Waals surface area contributed by atoms with Crippen LogP contribution in [0.4, 0.5) is 18.9 Å². The number of hydrogen-bond acceptors (Lipinski definition) is 4. The fraction of sp³-hybridized carbons (Fsp3) is 0.238. The smallest absolute Gasteiger partial charge is 0.420 e. The number of methoxy groups -OCH3 is 1. The van der Waals surface area contributed by atoms with Crippen LogP contribution in [0.15, 0.2) is 59.9 Å². The van der Waals surface area contributed by atoms with Gasteiger partial charge in [-0.3, -0.25) is 9.59 Å². The van der Waals surface area contributed by atoms with E-state index in [4.69, 9.17) is 4.74 Å². The summed E-state index contributed by atoms with van der Waals surface area (Å²) in [4.78, 5) is 24.9. The van der Waals surface area contributed by atoms with E-state index in [1.165, 1.54) is 6.07 Å². The lowest BCUT2D eigenvalue weighted by atomic mass is 9.91. The monoisotopic (exact) mass is 420 g/mol. The lowest BCUT2D eigenvalue weighted by molar-refractivity contribution is -0.138. The fourth-order valence-electron chi connectivity index (χ4n) is 3.30. The lowest BCUT2D eigenvalue weighted by Gasteiger charge is -2.24. The molecule has 0 aliphatic carbocycles. The molecule has 1 atom stereocenters. The van der Waals surface area contributed by atoms with Crippen molar-refractivity contribution in [2.45, 2.75) is 25.1 Å². The predicted molar refractivity (Wildman–Crippen MR) is 103 cm³/mol. The van der Waals surface area contributed by atoms with Gasteiger partial charge in [-0.25, -0.2) is 0 Å². The number of aliphatic hydroxyl groups is 1. The molecule has 2 aromatic rings. The molecule has 1 unspecified atom stereocenters. The summed E-state index contributed by atoms with van der Waals surface area (Å²) in [5.74, 6) is -2.71. The third-order valence-electron chi connectivity index (χ3n) is 4.77. The van der Waals surface area contributed by atoms with Gasteiger partial charge in [0.05, 0.1) is 18.2 Å². The maximum Gasteiger partial charge on any atom is 0.420 e. The highest BCUT2D eigenvalue weighted by Crippen LogP contribution is 2.38. The number of alkyl halides is 3. The third-order valence-corrected chi connectivity index (χ3v) is 4.77. The number of amides is 2. The minimum absolute atomic E-state index is 0.196. The Morgan fingerprint density at radius 1 is 1.20 bits per heavy atom. The van der Waals surface area contributed by atoms with Crippen LogP contribution in [-0.4, -0.2) is 29.6 Å². The largest absolute Gasteiger partial charge is 0.509 e. The summed E-state index contributed by atoms with van der Waals surface area (Å²) in [6, 6.07) is 12.0. The van der Waals surface area contributed by atoms with E-state index in [0.29, 0.717) is 6.07 Å². The molecule has 158 valence electrons. The minimum atomic E-state index is -4.70. The van der Waals surface area contributed by atoms with Crippen LogP contribution in [0.2, 0.25) is 0 Å². The van der Waals surface area contributed by atoms with Gasteiger partial charge in [-0.2, -0.15) is 13.2 Å². The summed E-state index contributed by atoms with van der Waals surface area (Å²) in [5, 5.41) is 15.4. The molecule has 30 heavy (non-hydrogen) atoms. The van der Waals surface area contributed by atoms with Crippen molar-refractivity contribution < 1.29 is 32.6 Å². The molecule has 3 N–H and O–H groups in total. The van der Waals surface area contributed by atoms with Crippen molar-refractivity contribution in [3.05, 3.63) is 71.0 Å². The number of benzene rings is 2. The molecule has 0 saturated heterocycles. The lowest BCUT2D eigenvalue weighted by Crippen LogP contribution is -2.43. The first kappa shape index (κ1) is 21.2. The first-order chi connectivity index (χ1) is 14.0. The topological polar surface area (TPSA) is 87.7 Å². The van der Waals surface area contributed by atoms with Crippen LogP contribution in [0.3, 0.4) is 0 Å². The van der Waals surface area contributed by atoms with Gasteiger partial charge in [0.1, 0.15) is 17.1 Å². The van der Waals surface area contributed by atoms with Crippen molar-refractivity contribution in [2.75, 3.05) is 12.4 Å². The molecule has 1 aliphatic rings. The van der Waals surface area contributed by atoms with Gasteiger partial charge >= 0.3 is 6.18 Å². The van der Waals surface area contributed by atoms with Crippen LogP contribution in [0.5, 0.6) is 5.75 Å². The molecule has 0 spiro atoms. The normalized spacial score (nSPS) is 18.9. The maximum atomic E-state index is 13.2. The summed E-state index contributed by atoms with van der Waals surface area (Å²) in [6.07, 6.45) is -4.48. The Balaban J connectivity index is 1.87. The molecule has 0 radical (unpaired) electrons. The van der Waals surface area contributed by atoms with Crippen LogP contribution in [-0.2, 0) is 22.2 Å². The number of anilines is 1. The highest BCUT2D eigenvalue weighted by atomic mass is 19.4. The van der Waals surface area contributed by atoms with Gasteiger partial charge in [0.2, 0.25) is 0 Å². The number of halogens is 3. The number of carbonyl (C=O) groups excluding carboxylic acids is 2. The van der Waals surface area contributed by atoms with Gasteiger partial charge in [-0.15, -0.1) is 0 Å². The summed E-state index contributed by atoms with van der Waals surface area (Å²) in [5.41, 5.74) is -2.22. The van der Waals surface area contributed by atoms with Gasteiger partial charge in [0.15, 0.2) is 0 Å². The van der Waals surface area contributed by atoms with Crippen molar-refractivity contribution >= 4 is 17.5 Å². The number of rotatable bonds is 5. The Bertz CT molecular complexity index is 1020. The summed E-state index contributed by atoms with van der Waals surface area (Å²) < 4.78 is 44.2. The van der Waals surface area contributed by atoms with Crippen LogP contribution >= 0.6 is 0 Å². The van der Waals surface area contributed by atoms with Gasteiger partial charge in [0.25, 0.3) is 11.8 Å². The van der Waals surface area contributed by atoms with Gasteiger partial charge < -0.3 is 20.5 Å². The zero-order chi connectivity index (χ0) is 22.1. The van der Waals surface area contributed by atoms with E-state index in [9.17, 15) is 27.9 Å². The SMILES string of the molecule is COc1ccc(NC(=O)C2=C(O)C(C)(Cc3ccccc3)NC2=O)cc1C(F)(F)F. The fourth-order valence-corrected chi connectivity index (χ4v) is 3.30. The highest BCUT2D eigenvalue weighted by Gasteiger charge is 2.44. The average molecular weight is 420 g/mol. The molecule has 1 heterocycles. The Hall–Kier alpha value is -3.49. The summed E-state index contributed by atoms with van der Waals surface area (Å²) in [6.45, 7) is 1.56. The average Bonchev–Trinajstić information content (AvgIpc) is 2.90. The van der Waals surface area contributed by atoms with Crippen molar-refractivity contribution in [1.29, 1.82) is 0 Å². The second-order valence-electron chi connectivity index (χ2n) is 7.04. The van der Waals surface area contributed by atoms with E-state index in [0.717, 1.165) is 18.7 Å². The van der Waals surface area contributed by atoms with Gasteiger partial charge in [0, 0.05) is 12.1 Å². The number of nitrogens with one attached hydrogen (secondary N) is 2. The van der Waals surface area contributed by atoms with E-state index in [1.54, 1.807) is 31.2 Å². The molecule has 0 fully saturated rings. The molecule has 1 aliphatic heterocycles. The number of hydrogen-bond donors (Lipinski definition) is 3. The van der Waals surface area contributed by atoms with Crippen molar-refractivity contribution in [2.24, 2.45) is 0 Å². The number of carbonyl (C=O) groups is 2. The highest BCUT2D eigenvalue weighted by molar-refractivity contribution is 6.25. The predicted octanol–water partition coefficient (Wildman–Crippen LogP) is 3.60. The second-order valence-corrected chi connectivity index (χ2v) is 7.04. The van der Waals surface area contributed by atoms with Crippen molar-refractivity contribution in [3.63, 3.8) is 0 Å². The molecule has 2 aromatic carbocycles. The van der Waals surface area contributed by atoms with E-state index >= 15 is 0 Å². The molecule has 0 saturated carbocycles. The second kappa shape index (κ2) is 7.74. The van der Waals surface area contributed by atoms with Crippen LogP contribution < -0.4 is 15.4 Å². The summed E-state index contributed by atoms with van der Waals surface area (Å²) in [7, 11) is 1.10. The van der Waals surface area contributed by atoms with Crippen LogP contribution in [0.1, 0.15) is 18.1 Å². The first-order valence-electron chi connectivity index (χ1n) is 8.92. The van der Waals surface area contributed by atoms with Gasteiger partial charge in [-0.05, 0) is 30.7 Å². The summed E-state index contributed by atoms with van der Waals surface area (Å²) >= 11 is 0. The van der Waals surface area contributed by atoms with E-state index in [1.807, 2.05) is 6.07 Å². The Kier molecular flexibility index (Phi) is 5.47. The van der Waals surface area contributed by atoms with E-state index in [2.05, 4.69) is 10.6 Å².